The molecule has 0 fully saturated rings. The summed E-state index contributed by atoms with van der Waals surface area (Å²) in [6.45, 7) is 1.96. The first-order chi connectivity index (χ1) is 14.5. The summed E-state index contributed by atoms with van der Waals surface area (Å²) < 4.78 is 5.86. The van der Waals surface area contributed by atoms with Crippen molar-refractivity contribution >= 4 is 40.6 Å². The molecule has 1 heterocycles. The summed E-state index contributed by atoms with van der Waals surface area (Å²) in [5.41, 5.74) is 2.48. The number of thiazole rings is 1. The molecule has 8 heteroatoms. The monoisotopic (exact) mass is 441 g/mol. The molecule has 1 aromatic heterocycles. The molecule has 0 aliphatic rings. The van der Waals surface area contributed by atoms with Crippen molar-refractivity contribution in [2.75, 3.05) is 18.2 Å². The van der Waals surface area contributed by atoms with Crippen LogP contribution >= 0.6 is 23.1 Å². The quantitative estimate of drug-likeness (QED) is 0.484. The highest BCUT2D eigenvalue weighted by atomic mass is 32.2. The van der Waals surface area contributed by atoms with Crippen molar-refractivity contribution in [1.29, 1.82) is 0 Å². The molecule has 3 rings (SSSR count). The van der Waals surface area contributed by atoms with Crippen LogP contribution in [0, 0.1) is 0 Å². The number of amides is 2. The SMILES string of the molecule is COc1ccc(NC(=O)CSc2nc(CC(=O)N[C@@H](C)c3ccccc3)cs2)cc1. The number of carbonyl (C=O) groups is 2. The molecule has 2 aromatic carbocycles. The van der Waals surface area contributed by atoms with Gasteiger partial charge in [0.25, 0.3) is 0 Å². The second-order valence-electron chi connectivity index (χ2n) is 6.55. The van der Waals surface area contributed by atoms with Gasteiger partial charge in [0.1, 0.15) is 5.75 Å². The van der Waals surface area contributed by atoms with Crippen LogP contribution in [0.25, 0.3) is 0 Å². The molecule has 2 N–H and O–H groups in total. The van der Waals surface area contributed by atoms with Crippen LogP contribution in [0.3, 0.4) is 0 Å². The van der Waals surface area contributed by atoms with Crippen molar-refractivity contribution in [1.82, 2.24) is 10.3 Å². The third-order valence-electron chi connectivity index (χ3n) is 4.25. The fourth-order valence-electron chi connectivity index (χ4n) is 2.72. The van der Waals surface area contributed by atoms with Gasteiger partial charge in [-0.1, -0.05) is 42.1 Å². The number of thioether (sulfide) groups is 1. The minimum Gasteiger partial charge on any atom is -0.497 e. The van der Waals surface area contributed by atoms with Gasteiger partial charge in [-0.3, -0.25) is 9.59 Å². The van der Waals surface area contributed by atoms with Crippen LogP contribution in [-0.2, 0) is 16.0 Å². The molecule has 3 aromatic rings. The topological polar surface area (TPSA) is 80.3 Å². The lowest BCUT2D eigenvalue weighted by atomic mass is 10.1. The third-order valence-corrected chi connectivity index (χ3v) is 6.32. The Morgan fingerprint density at radius 1 is 1.10 bits per heavy atom. The minimum atomic E-state index is -0.114. The number of carbonyl (C=O) groups excluding carboxylic acids is 2. The molecule has 0 saturated heterocycles. The number of ether oxygens (including phenoxy) is 1. The Hall–Kier alpha value is -2.84. The zero-order chi connectivity index (χ0) is 21.3. The Balaban J connectivity index is 1.44. The molecule has 0 spiro atoms. The summed E-state index contributed by atoms with van der Waals surface area (Å²) >= 11 is 2.79. The molecule has 30 heavy (non-hydrogen) atoms. The number of hydrogen-bond donors (Lipinski definition) is 2. The average molecular weight is 442 g/mol. The van der Waals surface area contributed by atoms with E-state index in [1.54, 1.807) is 31.4 Å². The van der Waals surface area contributed by atoms with E-state index in [0.717, 1.165) is 15.7 Å². The summed E-state index contributed by atoms with van der Waals surface area (Å²) in [6.07, 6.45) is 0.215. The van der Waals surface area contributed by atoms with Crippen LogP contribution in [0.5, 0.6) is 5.75 Å². The molecule has 0 bridgehead atoms. The fourth-order valence-corrected chi connectivity index (χ4v) is 4.36. The summed E-state index contributed by atoms with van der Waals surface area (Å²) in [5, 5.41) is 7.68. The van der Waals surface area contributed by atoms with Gasteiger partial charge >= 0.3 is 0 Å². The van der Waals surface area contributed by atoms with Gasteiger partial charge in [-0.25, -0.2) is 4.98 Å². The van der Waals surface area contributed by atoms with Crippen molar-refractivity contribution in [3.8, 4) is 5.75 Å². The van der Waals surface area contributed by atoms with Gasteiger partial charge in [0.05, 0.1) is 31.0 Å². The Kier molecular flexibility index (Phi) is 7.87. The number of benzene rings is 2. The molecular weight excluding hydrogens is 418 g/mol. The Labute approximate surface area is 184 Å². The lowest BCUT2D eigenvalue weighted by molar-refractivity contribution is -0.121. The highest BCUT2D eigenvalue weighted by molar-refractivity contribution is 8.01. The van der Waals surface area contributed by atoms with E-state index in [1.165, 1.54) is 23.1 Å². The summed E-state index contributed by atoms with van der Waals surface area (Å²) in [4.78, 5) is 28.9. The zero-order valence-corrected chi connectivity index (χ0v) is 18.4. The smallest absolute Gasteiger partial charge is 0.234 e. The molecule has 1 atom stereocenters. The van der Waals surface area contributed by atoms with Crippen molar-refractivity contribution in [3.63, 3.8) is 0 Å². The molecule has 0 aliphatic carbocycles. The first-order valence-corrected chi connectivity index (χ1v) is 11.3. The van der Waals surface area contributed by atoms with Crippen LogP contribution < -0.4 is 15.4 Å². The van der Waals surface area contributed by atoms with Crippen LogP contribution in [0.4, 0.5) is 5.69 Å². The van der Waals surface area contributed by atoms with Gasteiger partial charge in [-0.05, 0) is 36.8 Å². The van der Waals surface area contributed by atoms with E-state index in [4.69, 9.17) is 4.74 Å². The molecule has 0 saturated carbocycles. The van der Waals surface area contributed by atoms with E-state index < -0.39 is 0 Å². The van der Waals surface area contributed by atoms with E-state index >= 15 is 0 Å². The maximum Gasteiger partial charge on any atom is 0.234 e. The highest BCUT2D eigenvalue weighted by Gasteiger charge is 2.13. The number of anilines is 1. The number of aromatic nitrogens is 1. The number of nitrogens with zero attached hydrogens (tertiary/aromatic N) is 1. The lowest BCUT2D eigenvalue weighted by Crippen LogP contribution is -2.28. The number of nitrogens with one attached hydrogen (secondary N) is 2. The molecule has 0 aliphatic heterocycles. The van der Waals surface area contributed by atoms with E-state index in [-0.39, 0.29) is 30.0 Å². The van der Waals surface area contributed by atoms with E-state index in [2.05, 4.69) is 15.6 Å². The normalized spacial score (nSPS) is 11.5. The average Bonchev–Trinajstić information content (AvgIpc) is 3.20. The molecule has 0 unspecified atom stereocenters. The van der Waals surface area contributed by atoms with Gasteiger partial charge < -0.3 is 15.4 Å². The predicted molar refractivity (Wildman–Crippen MR) is 121 cm³/mol. The van der Waals surface area contributed by atoms with Crippen molar-refractivity contribution in [2.24, 2.45) is 0 Å². The molecule has 6 nitrogen and oxygen atoms in total. The van der Waals surface area contributed by atoms with Crippen molar-refractivity contribution in [3.05, 3.63) is 71.2 Å². The predicted octanol–water partition coefficient (Wildman–Crippen LogP) is 4.30. The maximum atomic E-state index is 12.3. The summed E-state index contributed by atoms with van der Waals surface area (Å²) in [6, 6.07) is 16.9. The molecule has 2 amide bonds. The third kappa shape index (κ3) is 6.60. The Morgan fingerprint density at radius 2 is 1.83 bits per heavy atom. The van der Waals surface area contributed by atoms with E-state index in [1.807, 2.05) is 42.6 Å². The van der Waals surface area contributed by atoms with Crippen LogP contribution in [0.15, 0.2) is 64.3 Å². The number of hydrogen-bond acceptors (Lipinski definition) is 6. The summed E-state index contributed by atoms with van der Waals surface area (Å²) in [5.74, 6) is 0.789. The van der Waals surface area contributed by atoms with Gasteiger partial charge in [0.15, 0.2) is 4.34 Å². The number of methoxy groups -OCH3 is 1. The Bertz CT molecular complexity index is 975. The van der Waals surface area contributed by atoms with Gasteiger partial charge in [0.2, 0.25) is 11.8 Å². The first kappa shape index (κ1) is 21.9. The molecule has 0 radical (unpaired) electrons. The summed E-state index contributed by atoms with van der Waals surface area (Å²) in [7, 11) is 1.60. The molecule has 156 valence electrons. The van der Waals surface area contributed by atoms with Crippen molar-refractivity contribution in [2.45, 2.75) is 23.7 Å². The highest BCUT2D eigenvalue weighted by Crippen LogP contribution is 2.23. The van der Waals surface area contributed by atoms with Crippen molar-refractivity contribution < 1.29 is 14.3 Å². The molecular formula is C22H23N3O3S2. The van der Waals surface area contributed by atoms with E-state index in [9.17, 15) is 9.59 Å². The lowest BCUT2D eigenvalue weighted by Gasteiger charge is -2.13. The van der Waals surface area contributed by atoms with Crippen LogP contribution in [-0.4, -0.2) is 29.7 Å². The second-order valence-corrected chi connectivity index (χ2v) is 8.63. The fraction of sp³-hybridized carbons (Fsp3) is 0.227. The van der Waals surface area contributed by atoms with Gasteiger partial charge in [-0.15, -0.1) is 11.3 Å². The van der Waals surface area contributed by atoms with Crippen LogP contribution in [0.2, 0.25) is 0 Å². The zero-order valence-electron chi connectivity index (χ0n) is 16.8. The second kappa shape index (κ2) is 10.8. The number of rotatable bonds is 9. The maximum absolute atomic E-state index is 12.3. The van der Waals surface area contributed by atoms with Crippen LogP contribution in [0.1, 0.15) is 24.2 Å². The minimum absolute atomic E-state index is 0.0622. The standard InChI is InChI=1S/C22H23N3O3S2/c1-15(16-6-4-3-5-7-16)23-20(26)12-18-13-29-22(25-18)30-14-21(27)24-17-8-10-19(28-2)11-9-17/h3-11,13,15H,12,14H2,1-2H3,(H,23,26)(H,24,27)/t15-/m0/s1. The van der Waals surface area contributed by atoms with Gasteiger partial charge in [-0.2, -0.15) is 0 Å². The van der Waals surface area contributed by atoms with Gasteiger partial charge in [0, 0.05) is 11.1 Å². The largest absolute Gasteiger partial charge is 0.497 e. The van der Waals surface area contributed by atoms with E-state index in [0.29, 0.717) is 11.4 Å². The first-order valence-electron chi connectivity index (χ1n) is 9.39. The Morgan fingerprint density at radius 3 is 2.53 bits per heavy atom.